The van der Waals surface area contributed by atoms with Gasteiger partial charge in [0.05, 0.1) is 6.61 Å². The van der Waals surface area contributed by atoms with Crippen LogP contribution in [0, 0.1) is 0 Å². The molecule has 0 bridgehead atoms. The largest absolute Gasteiger partial charge is 0.394 e. The molecule has 3 nitrogen and oxygen atoms in total. The van der Waals surface area contributed by atoms with E-state index in [1.165, 1.54) is 0 Å². The van der Waals surface area contributed by atoms with Crippen molar-refractivity contribution in [3.8, 4) is 0 Å². The molecule has 1 saturated heterocycles. The van der Waals surface area contributed by atoms with Gasteiger partial charge in [0.15, 0.2) is 0 Å². The van der Waals surface area contributed by atoms with Crippen molar-refractivity contribution < 1.29 is 9.94 Å². The molecule has 10 heavy (non-hydrogen) atoms. The SMILES string of the molecule is CC(C)N1CCC(CO)O1. The van der Waals surface area contributed by atoms with Gasteiger partial charge in [0.2, 0.25) is 0 Å². The van der Waals surface area contributed by atoms with Gasteiger partial charge in [-0.3, -0.25) is 4.84 Å². The fourth-order valence-electron chi connectivity index (χ4n) is 1.07. The Morgan fingerprint density at radius 2 is 2.40 bits per heavy atom. The minimum atomic E-state index is 0.0439. The van der Waals surface area contributed by atoms with E-state index in [1.807, 2.05) is 5.06 Å². The Hall–Kier alpha value is -0.120. The van der Waals surface area contributed by atoms with E-state index < -0.39 is 0 Å². The second-order valence-corrected chi connectivity index (χ2v) is 2.93. The topological polar surface area (TPSA) is 32.7 Å². The first-order valence-electron chi connectivity index (χ1n) is 3.78. The summed E-state index contributed by atoms with van der Waals surface area (Å²) in [5, 5.41) is 10.6. The zero-order chi connectivity index (χ0) is 7.56. The second kappa shape index (κ2) is 3.32. The normalized spacial score (nSPS) is 28.2. The summed E-state index contributed by atoms with van der Waals surface area (Å²) in [6.07, 6.45) is 0.997. The number of aliphatic hydroxyl groups is 1. The van der Waals surface area contributed by atoms with Crippen LogP contribution in [0.15, 0.2) is 0 Å². The maximum atomic E-state index is 8.71. The van der Waals surface area contributed by atoms with Gasteiger partial charge in [-0.05, 0) is 20.3 Å². The molecule has 1 aliphatic rings. The van der Waals surface area contributed by atoms with E-state index in [9.17, 15) is 0 Å². The molecular formula is C7H15NO2. The summed E-state index contributed by atoms with van der Waals surface area (Å²) in [6.45, 7) is 5.26. The van der Waals surface area contributed by atoms with Crippen LogP contribution in [0.3, 0.4) is 0 Å². The first-order chi connectivity index (χ1) is 4.74. The van der Waals surface area contributed by atoms with Crippen LogP contribution in [-0.4, -0.2) is 35.5 Å². The summed E-state index contributed by atoms with van der Waals surface area (Å²) in [5.41, 5.74) is 0. The molecule has 1 N–H and O–H groups in total. The lowest BCUT2D eigenvalue weighted by atomic mass is 10.3. The van der Waals surface area contributed by atoms with Crippen molar-refractivity contribution in [2.24, 2.45) is 0 Å². The van der Waals surface area contributed by atoms with Crippen LogP contribution in [0.5, 0.6) is 0 Å². The van der Waals surface area contributed by atoms with Crippen molar-refractivity contribution in [2.75, 3.05) is 13.2 Å². The third-order valence-corrected chi connectivity index (χ3v) is 1.74. The average Bonchev–Trinajstić information content (AvgIpc) is 2.34. The molecule has 1 rings (SSSR count). The highest BCUT2D eigenvalue weighted by atomic mass is 16.7. The second-order valence-electron chi connectivity index (χ2n) is 2.93. The minimum Gasteiger partial charge on any atom is -0.394 e. The lowest BCUT2D eigenvalue weighted by Gasteiger charge is -2.18. The van der Waals surface area contributed by atoms with Crippen molar-refractivity contribution in [3.63, 3.8) is 0 Å². The summed E-state index contributed by atoms with van der Waals surface area (Å²) < 4.78 is 0. The van der Waals surface area contributed by atoms with Crippen molar-refractivity contribution in [1.82, 2.24) is 5.06 Å². The number of nitrogens with zero attached hydrogens (tertiary/aromatic N) is 1. The van der Waals surface area contributed by atoms with E-state index >= 15 is 0 Å². The van der Waals surface area contributed by atoms with E-state index in [2.05, 4.69) is 13.8 Å². The van der Waals surface area contributed by atoms with Crippen molar-refractivity contribution in [1.29, 1.82) is 0 Å². The third-order valence-electron chi connectivity index (χ3n) is 1.74. The highest BCUT2D eigenvalue weighted by molar-refractivity contribution is 4.66. The Bertz CT molecular complexity index is 106. The van der Waals surface area contributed by atoms with Gasteiger partial charge in [-0.25, -0.2) is 0 Å². The Morgan fingerprint density at radius 1 is 1.70 bits per heavy atom. The Balaban J connectivity index is 2.28. The molecule has 1 heterocycles. The van der Waals surface area contributed by atoms with Crippen LogP contribution < -0.4 is 0 Å². The van der Waals surface area contributed by atoms with Gasteiger partial charge in [-0.1, -0.05) is 0 Å². The van der Waals surface area contributed by atoms with Crippen LogP contribution >= 0.6 is 0 Å². The van der Waals surface area contributed by atoms with Crippen LogP contribution in [0.1, 0.15) is 20.3 Å². The van der Waals surface area contributed by atoms with E-state index in [0.717, 1.165) is 13.0 Å². The van der Waals surface area contributed by atoms with Crippen LogP contribution in [-0.2, 0) is 4.84 Å². The smallest absolute Gasteiger partial charge is 0.104 e. The maximum Gasteiger partial charge on any atom is 0.104 e. The summed E-state index contributed by atoms with van der Waals surface area (Å²) in [5.74, 6) is 0. The van der Waals surface area contributed by atoms with Gasteiger partial charge in [0.1, 0.15) is 6.10 Å². The predicted octanol–water partition coefficient (Wildman–Crippen LogP) is 0.393. The van der Waals surface area contributed by atoms with Gasteiger partial charge in [-0.15, -0.1) is 0 Å². The zero-order valence-electron chi connectivity index (χ0n) is 6.58. The standard InChI is InChI=1S/C7H15NO2/c1-6(2)8-4-3-7(5-9)10-8/h6-7,9H,3-5H2,1-2H3. The summed E-state index contributed by atoms with van der Waals surface area (Å²) in [6, 6.07) is 0.427. The molecule has 0 saturated carbocycles. The number of hydroxylamine groups is 2. The minimum absolute atomic E-state index is 0.0439. The van der Waals surface area contributed by atoms with Gasteiger partial charge >= 0.3 is 0 Å². The Morgan fingerprint density at radius 3 is 2.70 bits per heavy atom. The van der Waals surface area contributed by atoms with E-state index in [1.54, 1.807) is 0 Å². The molecule has 60 valence electrons. The number of hydrogen-bond acceptors (Lipinski definition) is 3. The fourth-order valence-corrected chi connectivity index (χ4v) is 1.07. The maximum absolute atomic E-state index is 8.71. The molecule has 0 aromatic carbocycles. The number of hydrogen-bond donors (Lipinski definition) is 1. The highest BCUT2D eigenvalue weighted by Gasteiger charge is 2.24. The van der Waals surface area contributed by atoms with Crippen LogP contribution in [0.2, 0.25) is 0 Å². The summed E-state index contributed by atoms with van der Waals surface area (Å²) in [4.78, 5) is 5.36. The van der Waals surface area contributed by atoms with Crippen molar-refractivity contribution in [3.05, 3.63) is 0 Å². The highest BCUT2D eigenvalue weighted by Crippen LogP contribution is 2.14. The molecule has 0 aromatic rings. The molecule has 1 unspecified atom stereocenters. The quantitative estimate of drug-likeness (QED) is 0.610. The molecule has 0 aromatic heterocycles. The van der Waals surface area contributed by atoms with E-state index in [0.29, 0.717) is 6.04 Å². The molecule has 0 amide bonds. The van der Waals surface area contributed by atoms with Gasteiger partial charge in [-0.2, -0.15) is 5.06 Å². The molecule has 1 fully saturated rings. The van der Waals surface area contributed by atoms with Crippen molar-refractivity contribution in [2.45, 2.75) is 32.4 Å². The monoisotopic (exact) mass is 145 g/mol. The fraction of sp³-hybridized carbons (Fsp3) is 1.00. The summed E-state index contributed by atoms with van der Waals surface area (Å²) in [7, 11) is 0. The Kier molecular flexibility index (Phi) is 2.65. The molecule has 0 radical (unpaired) electrons. The molecule has 0 aliphatic carbocycles. The van der Waals surface area contributed by atoms with E-state index in [-0.39, 0.29) is 12.7 Å². The van der Waals surface area contributed by atoms with Gasteiger partial charge in [0, 0.05) is 12.6 Å². The van der Waals surface area contributed by atoms with Crippen LogP contribution in [0.25, 0.3) is 0 Å². The molecule has 3 heteroatoms. The van der Waals surface area contributed by atoms with Gasteiger partial charge < -0.3 is 5.11 Å². The number of aliphatic hydroxyl groups excluding tert-OH is 1. The first kappa shape index (κ1) is 7.98. The predicted molar refractivity (Wildman–Crippen MR) is 38.4 cm³/mol. The lowest BCUT2D eigenvalue weighted by Crippen LogP contribution is -2.27. The Labute approximate surface area is 61.5 Å². The molecular weight excluding hydrogens is 130 g/mol. The zero-order valence-corrected chi connectivity index (χ0v) is 6.58. The third kappa shape index (κ3) is 1.68. The van der Waals surface area contributed by atoms with E-state index in [4.69, 9.17) is 9.94 Å². The van der Waals surface area contributed by atoms with Crippen LogP contribution in [0.4, 0.5) is 0 Å². The molecule has 0 spiro atoms. The molecule has 1 aliphatic heterocycles. The van der Waals surface area contributed by atoms with Crippen molar-refractivity contribution >= 4 is 0 Å². The van der Waals surface area contributed by atoms with Gasteiger partial charge in [0.25, 0.3) is 0 Å². The lowest BCUT2D eigenvalue weighted by molar-refractivity contribution is -0.172. The summed E-state index contributed by atoms with van der Waals surface area (Å²) >= 11 is 0. The number of rotatable bonds is 2. The average molecular weight is 145 g/mol. The molecule has 1 atom stereocenters. The first-order valence-corrected chi connectivity index (χ1v) is 3.78.